The van der Waals surface area contributed by atoms with Crippen molar-refractivity contribution in [2.75, 3.05) is 6.61 Å². The van der Waals surface area contributed by atoms with Gasteiger partial charge < -0.3 is 9.84 Å². The van der Waals surface area contributed by atoms with E-state index in [9.17, 15) is 9.90 Å². The molecule has 0 saturated heterocycles. The van der Waals surface area contributed by atoms with Gasteiger partial charge in [-0.25, -0.2) is 4.79 Å². The maximum atomic E-state index is 11.5. The molecule has 5 heteroatoms. The standard InChI is InChI=1S/C11H10BrNO3/c1-2-16-11(15)8-4-3-7(6-13)9(5-12)10(8)14/h3-4,14H,2,5H2,1H3. The molecule has 0 spiro atoms. The number of carbonyl (C=O) groups is 1. The molecule has 0 aliphatic rings. The van der Waals surface area contributed by atoms with Gasteiger partial charge in [0.2, 0.25) is 0 Å². The number of phenolic OH excluding ortho intramolecular Hbond substituents is 1. The summed E-state index contributed by atoms with van der Waals surface area (Å²) in [6.45, 7) is 1.92. The van der Waals surface area contributed by atoms with Gasteiger partial charge in [-0.05, 0) is 19.1 Å². The van der Waals surface area contributed by atoms with Crippen molar-refractivity contribution in [3.05, 3.63) is 28.8 Å². The van der Waals surface area contributed by atoms with Crippen LogP contribution in [0.5, 0.6) is 5.75 Å². The molecule has 0 aromatic heterocycles. The first-order chi connectivity index (χ1) is 7.65. The number of carbonyl (C=O) groups excluding carboxylic acids is 1. The molecule has 0 unspecified atom stereocenters. The van der Waals surface area contributed by atoms with Crippen molar-refractivity contribution in [2.45, 2.75) is 12.3 Å². The minimum absolute atomic E-state index is 0.0790. The molecule has 1 rings (SSSR count). The molecule has 0 amide bonds. The number of hydrogen-bond acceptors (Lipinski definition) is 4. The van der Waals surface area contributed by atoms with E-state index in [1.807, 2.05) is 6.07 Å². The highest BCUT2D eigenvalue weighted by Gasteiger charge is 2.17. The molecule has 0 aliphatic carbocycles. The number of ether oxygens (including phenoxy) is 1. The number of nitrogens with zero attached hydrogens (tertiary/aromatic N) is 1. The molecule has 0 atom stereocenters. The van der Waals surface area contributed by atoms with Crippen LogP contribution in [0.4, 0.5) is 0 Å². The highest BCUT2D eigenvalue weighted by atomic mass is 79.9. The Hall–Kier alpha value is -1.54. The maximum absolute atomic E-state index is 11.5. The normalized spacial score (nSPS) is 9.56. The number of halogens is 1. The number of rotatable bonds is 3. The van der Waals surface area contributed by atoms with E-state index in [1.54, 1.807) is 6.92 Å². The number of esters is 1. The Kier molecular flexibility index (Phi) is 4.32. The molecule has 84 valence electrons. The Balaban J connectivity index is 3.25. The van der Waals surface area contributed by atoms with E-state index in [1.165, 1.54) is 12.1 Å². The summed E-state index contributed by atoms with van der Waals surface area (Å²) in [4.78, 5) is 11.5. The third-order valence-electron chi connectivity index (χ3n) is 2.03. The molecule has 0 radical (unpaired) electrons. The van der Waals surface area contributed by atoms with Gasteiger partial charge in [0.15, 0.2) is 0 Å². The molecular formula is C11H10BrNO3. The zero-order valence-corrected chi connectivity index (χ0v) is 10.2. The van der Waals surface area contributed by atoms with E-state index < -0.39 is 5.97 Å². The maximum Gasteiger partial charge on any atom is 0.341 e. The summed E-state index contributed by atoms with van der Waals surface area (Å²) in [5, 5.41) is 18.9. The molecule has 1 aromatic rings. The zero-order chi connectivity index (χ0) is 12.1. The topological polar surface area (TPSA) is 70.3 Å². The third kappa shape index (κ3) is 2.34. The van der Waals surface area contributed by atoms with Crippen molar-refractivity contribution < 1.29 is 14.6 Å². The van der Waals surface area contributed by atoms with Gasteiger partial charge in [0, 0.05) is 10.9 Å². The van der Waals surface area contributed by atoms with Crippen LogP contribution in [0.25, 0.3) is 0 Å². The van der Waals surface area contributed by atoms with Crippen molar-refractivity contribution in [3.63, 3.8) is 0 Å². The number of nitriles is 1. The van der Waals surface area contributed by atoms with Crippen LogP contribution in [0.1, 0.15) is 28.4 Å². The van der Waals surface area contributed by atoms with Gasteiger partial charge in [-0.2, -0.15) is 5.26 Å². The Morgan fingerprint density at radius 3 is 2.81 bits per heavy atom. The van der Waals surface area contributed by atoms with E-state index in [-0.39, 0.29) is 17.9 Å². The highest BCUT2D eigenvalue weighted by molar-refractivity contribution is 9.08. The summed E-state index contributed by atoms with van der Waals surface area (Å²) in [6.07, 6.45) is 0. The van der Waals surface area contributed by atoms with Crippen LogP contribution in [-0.2, 0) is 10.1 Å². The molecule has 1 N–H and O–H groups in total. The summed E-state index contributed by atoms with van der Waals surface area (Å²) in [5.41, 5.74) is 0.811. The number of aromatic hydroxyl groups is 1. The molecule has 0 heterocycles. The van der Waals surface area contributed by atoms with Crippen molar-refractivity contribution in [1.29, 1.82) is 5.26 Å². The zero-order valence-electron chi connectivity index (χ0n) is 8.66. The second-order valence-corrected chi connectivity index (χ2v) is 3.51. The van der Waals surface area contributed by atoms with Gasteiger partial charge in [0.1, 0.15) is 11.3 Å². The van der Waals surface area contributed by atoms with Gasteiger partial charge >= 0.3 is 5.97 Å². The first kappa shape index (κ1) is 12.5. The average Bonchev–Trinajstić information content (AvgIpc) is 2.28. The van der Waals surface area contributed by atoms with Gasteiger partial charge in [0.25, 0.3) is 0 Å². The third-order valence-corrected chi connectivity index (χ3v) is 2.59. The van der Waals surface area contributed by atoms with Crippen LogP contribution >= 0.6 is 15.9 Å². The summed E-state index contributed by atoms with van der Waals surface area (Å²) in [5.74, 6) is -0.791. The monoisotopic (exact) mass is 283 g/mol. The average molecular weight is 284 g/mol. The van der Waals surface area contributed by atoms with E-state index >= 15 is 0 Å². The van der Waals surface area contributed by atoms with Crippen molar-refractivity contribution in [3.8, 4) is 11.8 Å². The molecule has 0 fully saturated rings. The molecular weight excluding hydrogens is 274 g/mol. The first-order valence-electron chi connectivity index (χ1n) is 4.63. The van der Waals surface area contributed by atoms with Gasteiger partial charge in [0.05, 0.1) is 18.2 Å². The summed E-state index contributed by atoms with van der Waals surface area (Å²) < 4.78 is 4.78. The first-order valence-corrected chi connectivity index (χ1v) is 5.75. The fourth-order valence-electron chi connectivity index (χ4n) is 1.25. The Morgan fingerprint density at radius 1 is 1.62 bits per heavy atom. The van der Waals surface area contributed by atoms with E-state index in [0.29, 0.717) is 16.5 Å². The fourth-order valence-corrected chi connectivity index (χ4v) is 1.82. The Labute approximate surface area is 102 Å². The highest BCUT2D eigenvalue weighted by Crippen LogP contribution is 2.28. The Bertz CT molecular complexity index is 451. The number of benzene rings is 1. The van der Waals surface area contributed by atoms with E-state index in [2.05, 4.69) is 15.9 Å². The summed E-state index contributed by atoms with van der Waals surface area (Å²) in [6, 6.07) is 4.82. The van der Waals surface area contributed by atoms with E-state index in [0.717, 1.165) is 0 Å². The van der Waals surface area contributed by atoms with Crippen LogP contribution in [-0.4, -0.2) is 17.7 Å². The van der Waals surface area contributed by atoms with Crippen LogP contribution in [0, 0.1) is 11.3 Å². The second-order valence-electron chi connectivity index (χ2n) is 2.95. The van der Waals surface area contributed by atoms with Gasteiger partial charge in [-0.15, -0.1) is 0 Å². The molecule has 1 aromatic carbocycles. The second kappa shape index (κ2) is 5.52. The molecule has 0 bridgehead atoms. The summed E-state index contributed by atoms with van der Waals surface area (Å²) in [7, 11) is 0. The molecule has 0 aliphatic heterocycles. The number of hydrogen-bond donors (Lipinski definition) is 1. The van der Waals surface area contributed by atoms with Crippen LogP contribution in [0.2, 0.25) is 0 Å². The fraction of sp³-hybridized carbons (Fsp3) is 0.273. The summed E-state index contributed by atoms with van der Waals surface area (Å²) >= 11 is 3.16. The minimum atomic E-state index is -0.591. The van der Waals surface area contributed by atoms with Crippen LogP contribution in [0.15, 0.2) is 12.1 Å². The lowest BCUT2D eigenvalue weighted by Gasteiger charge is -2.08. The van der Waals surface area contributed by atoms with Crippen molar-refractivity contribution in [2.24, 2.45) is 0 Å². The molecule has 0 saturated carbocycles. The lowest BCUT2D eigenvalue weighted by molar-refractivity contribution is 0.0523. The number of phenols is 1. The Morgan fingerprint density at radius 2 is 2.31 bits per heavy atom. The smallest absolute Gasteiger partial charge is 0.341 e. The lowest BCUT2D eigenvalue weighted by Crippen LogP contribution is -2.06. The lowest BCUT2D eigenvalue weighted by atomic mass is 10.0. The minimum Gasteiger partial charge on any atom is -0.507 e. The van der Waals surface area contributed by atoms with E-state index in [4.69, 9.17) is 10.00 Å². The van der Waals surface area contributed by atoms with Crippen LogP contribution in [0.3, 0.4) is 0 Å². The largest absolute Gasteiger partial charge is 0.507 e. The van der Waals surface area contributed by atoms with Crippen molar-refractivity contribution in [1.82, 2.24) is 0 Å². The van der Waals surface area contributed by atoms with Crippen LogP contribution < -0.4 is 0 Å². The predicted molar refractivity (Wildman–Crippen MR) is 61.4 cm³/mol. The predicted octanol–water partition coefficient (Wildman–Crippen LogP) is 2.34. The van der Waals surface area contributed by atoms with Gasteiger partial charge in [-0.3, -0.25) is 0 Å². The molecule has 4 nitrogen and oxygen atoms in total. The van der Waals surface area contributed by atoms with Gasteiger partial charge in [-0.1, -0.05) is 15.9 Å². The SMILES string of the molecule is CCOC(=O)c1ccc(C#N)c(CBr)c1O. The quantitative estimate of drug-likeness (QED) is 0.683. The van der Waals surface area contributed by atoms with Crippen molar-refractivity contribution >= 4 is 21.9 Å². The molecule has 16 heavy (non-hydrogen) atoms. The number of alkyl halides is 1.